The van der Waals surface area contributed by atoms with E-state index in [4.69, 9.17) is 16.3 Å². The molecule has 0 aromatic heterocycles. The Hall–Kier alpha value is -2.07. The smallest absolute Gasteiger partial charge is 0.254 e. The van der Waals surface area contributed by atoms with Crippen molar-refractivity contribution < 1.29 is 13.9 Å². The summed E-state index contributed by atoms with van der Waals surface area (Å²) in [7, 11) is 0. The molecule has 0 aliphatic rings. The van der Waals surface area contributed by atoms with Crippen LogP contribution >= 0.6 is 11.6 Å². The van der Waals surface area contributed by atoms with E-state index in [9.17, 15) is 9.18 Å². The van der Waals surface area contributed by atoms with Gasteiger partial charge in [0.15, 0.2) is 0 Å². The zero-order valence-electron chi connectivity index (χ0n) is 12.5. The fourth-order valence-electron chi connectivity index (χ4n) is 1.97. The van der Waals surface area contributed by atoms with Crippen molar-refractivity contribution in [3.05, 3.63) is 63.9 Å². The maximum absolute atomic E-state index is 13.6. The van der Waals surface area contributed by atoms with Crippen molar-refractivity contribution in [2.24, 2.45) is 0 Å². The average molecular weight is 322 g/mol. The zero-order chi connectivity index (χ0) is 16.1. The average Bonchev–Trinajstić information content (AvgIpc) is 2.47. The predicted octanol–water partition coefficient (Wildman–Crippen LogP) is 3.90. The highest BCUT2D eigenvalue weighted by Gasteiger charge is 2.11. The van der Waals surface area contributed by atoms with Gasteiger partial charge < -0.3 is 10.1 Å². The van der Waals surface area contributed by atoms with Gasteiger partial charge in [0.25, 0.3) is 5.91 Å². The van der Waals surface area contributed by atoms with Crippen molar-refractivity contribution in [3.63, 3.8) is 0 Å². The van der Waals surface area contributed by atoms with E-state index >= 15 is 0 Å². The summed E-state index contributed by atoms with van der Waals surface area (Å²) in [6, 6.07) is 9.75. The second kappa shape index (κ2) is 7.27. The third-order valence-electron chi connectivity index (χ3n) is 3.38. The molecule has 3 nitrogen and oxygen atoms in total. The lowest BCUT2D eigenvalue weighted by Crippen LogP contribution is -2.28. The number of aryl methyl sites for hydroxylation is 1. The second-order valence-corrected chi connectivity index (χ2v) is 5.36. The summed E-state index contributed by atoms with van der Waals surface area (Å²) in [6.45, 7) is 4.58. The molecule has 1 amide bonds. The summed E-state index contributed by atoms with van der Waals surface area (Å²) in [4.78, 5) is 11.9. The van der Waals surface area contributed by atoms with Gasteiger partial charge in [-0.2, -0.15) is 0 Å². The van der Waals surface area contributed by atoms with Gasteiger partial charge in [-0.1, -0.05) is 23.7 Å². The van der Waals surface area contributed by atoms with Gasteiger partial charge in [-0.3, -0.25) is 4.79 Å². The number of carbonyl (C=O) groups excluding carboxylic acids is 1. The molecule has 0 unspecified atom stereocenters. The molecule has 116 valence electrons. The minimum Gasteiger partial charge on any atom is -0.491 e. The van der Waals surface area contributed by atoms with Crippen LogP contribution in [0.25, 0.3) is 0 Å². The van der Waals surface area contributed by atoms with Gasteiger partial charge in [-0.25, -0.2) is 4.39 Å². The zero-order valence-corrected chi connectivity index (χ0v) is 13.2. The lowest BCUT2D eigenvalue weighted by atomic mass is 10.1. The molecule has 0 aliphatic carbocycles. The van der Waals surface area contributed by atoms with Gasteiger partial charge in [0.2, 0.25) is 0 Å². The van der Waals surface area contributed by atoms with Crippen LogP contribution in [-0.4, -0.2) is 19.1 Å². The highest BCUT2D eigenvalue weighted by molar-refractivity contribution is 6.30. The molecule has 0 saturated heterocycles. The number of nitrogens with one attached hydrogen (secondary N) is 1. The molecule has 0 aliphatic heterocycles. The minimum atomic E-state index is -0.638. The lowest BCUT2D eigenvalue weighted by Gasteiger charge is -2.11. The summed E-state index contributed by atoms with van der Waals surface area (Å²) in [5.41, 5.74) is 2.18. The summed E-state index contributed by atoms with van der Waals surface area (Å²) < 4.78 is 19.2. The second-order valence-electron chi connectivity index (χ2n) is 4.93. The standard InChI is InChI=1S/C17H17ClFNO2/c1-11-4-3-5-16(12(11)2)22-9-8-20-17(21)14-7-6-13(18)10-15(14)19/h3-7,10H,8-9H2,1-2H3,(H,20,21). The Morgan fingerprint density at radius 3 is 2.77 bits per heavy atom. The molecule has 1 N–H and O–H groups in total. The first-order valence-electron chi connectivity index (χ1n) is 6.91. The van der Waals surface area contributed by atoms with Crippen LogP contribution in [0.15, 0.2) is 36.4 Å². The summed E-state index contributed by atoms with van der Waals surface area (Å²) >= 11 is 5.65. The van der Waals surface area contributed by atoms with Gasteiger partial charge >= 0.3 is 0 Å². The number of halogens is 2. The maximum Gasteiger partial charge on any atom is 0.254 e. The normalized spacial score (nSPS) is 10.4. The first-order chi connectivity index (χ1) is 10.5. The van der Waals surface area contributed by atoms with Gasteiger partial charge in [0, 0.05) is 5.02 Å². The van der Waals surface area contributed by atoms with Gasteiger partial charge in [0.1, 0.15) is 18.2 Å². The van der Waals surface area contributed by atoms with Crippen LogP contribution in [0.2, 0.25) is 5.02 Å². The fraction of sp³-hybridized carbons (Fsp3) is 0.235. The number of carbonyl (C=O) groups is 1. The Morgan fingerprint density at radius 2 is 2.05 bits per heavy atom. The van der Waals surface area contributed by atoms with E-state index in [2.05, 4.69) is 5.32 Å². The number of hydrogen-bond donors (Lipinski definition) is 1. The monoisotopic (exact) mass is 321 g/mol. The molecule has 2 rings (SSSR count). The van der Waals surface area contributed by atoms with Crippen LogP contribution in [0.3, 0.4) is 0 Å². The first kappa shape index (κ1) is 16.3. The molecule has 22 heavy (non-hydrogen) atoms. The fourth-order valence-corrected chi connectivity index (χ4v) is 2.13. The predicted molar refractivity (Wildman–Crippen MR) is 85.2 cm³/mol. The molecule has 0 atom stereocenters. The summed E-state index contributed by atoms with van der Waals surface area (Å²) in [5.74, 6) is -0.342. The summed E-state index contributed by atoms with van der Waals surface area (Å²) in [5, 5.41) is 2.87. The van der Waals surface area contributed by atoms with Crippen molar-refractivity contribution in [1.82, 2.24) is 5.32 Å². The van der Waals surface area contributed by atoms with Crippen molar-refractivity contribution in [3.8, 4) is 5.75 Å². The molecule has 0 radical (unpaired) electrons. The topological polar surface area (TPSA) is 38.3 Å². The van der Waals surface area contributed by atoms with E-state index < -0.39 is 11.7 Å². The molecule has 0 heterocycles. The number of ether oxygens (including phenoxy) is 1. The molecule has 2 aromatic carbocycles. The number of hydrogen-bond acceptors (Lipinski definition) is 2. The third-order valence-corrected chi connectivity index (χ3v) is 3.61. The van der Waals surface area contributed by atoms with Crippen LogP contribution in [-0.2, 0) is 0 Å². The number of amides is 1. The van der Waals surface area contributed by atoms with Crippen LogP contribution in [0, 0.1) is 19.7 Å². The Balaban J connectivity index is 1.86. The maximum atomic E-state index is 13.6. The molecule has 0 bridgehead atoms. The molecule has 0 saturated carbocycles. The number of rotatable bonds is 5. The largest absolute Gasteiger partial charge is 0.491 e. The molecule has 0 spiro atoms. The first-order valence-corrected chi connectivity index (χ1v) is 7.29. The van der Waals surface area contributed by atoms with E-state index in [0.717, 1.165) is 22.9 Å². The SMILES string of the molecule is Cc1cccc(OCCNC(=O)c2ccc(Cl)cc2F)c1C. The Bertz CT molecular complexity index is 688. The Morgan fingerprint density at radius 1 is 1.27 bits per heavy atom. The lowest BCUT2D eigenvalue weighted by molar-refractivity contribution is 0.0943. The highest BCUT2D eigenvalue weighted by atomic mass is 35.5. The molecule has 5 heteroatoms. The molecular weight excluding hydrogens is 305 g/mol. The number of benzene rings is 2. The third kappa shape index (κ3) is 3.98. The van der Waals surface area contributed by atoms with E-state index in [0.29, 0.717) is 6.61 Å². The quantitative estimate of drug-likeness (QED) is 0.848. The minimum absolute atomic E-state index is 0.0314. The van der Waals surface area contributed by atoms with Crippen molar-refractivity contribution in [2.45, 2.75) is 13.8 Å². The molecular formula is C17H17ClFNO2. The molecule has 0 fully saturated rings. The van der Waals surface area contributed by atoms with Crippen LogP contribution in [0.4, 0.5) is 4.39 Å². The van der Waals surface area contributed by atoms with Gasteiger partial charge in [-0.05, 0) is 49.2 Å². The van der Waals surface area contributed by atoms with E-state index in [-0.39, 0.29) is 17.1 Å². The van der Waals surface area contributed by atoms with E-state index in [1.807, 2.05) is 32.0 Å². The Kier molecular flexibility index (Phi) is 5.39. The van der Waals surface area contributed by atoms with E-state index in [1.54, 1.807) is 0 Å². The van der Waals surface area contributed by atoms with Crippen molar-refractivity contribution in [1.29, 1.82) is 0 Å². The van der Waals surface area contributed by atoms with Gasteiger partial charge in [0.05, 0.1) is 12.1 Å². The van der Waals surface area contributed by atoms with E-state index in [1.165, 1.54) is 12.1 Å². The van der Waals surface area contributed by atoms with Crippen LogP contribution in [0.1, 0.15) is 21.5 Å². The summed E-state index contributed by atoms with van der Waals surface area (Å²) in [6.07, 6.45) is 0. The Labute approximate surface area is 134 Å². The van der Waals surface area contributed by atoms with Gasteiger partial charge in [-0.15, -0.1) is 0 Å². The van der Waals surface area contributed by atoms with Crippen molar-refractivity contribution in [2.75, 3.05) is 13.2 Å². The van der Waals surface area contributed by atoms with Crippen LogP contribution in [0.5, 0.6) is 5.75 Å². The molecule has 2 aromatic rings. The highest BCUT2D eigenvalue weighted by Crippen LogP contribution is 2.20. The van der Waals surface area contributed by atoms with Crippen LogP contribution < -0.4 is 10.1 Å². The van der Waals surface area contributed by atoms with Crippen molar-refractivity contribution >= 4 is 17.5 Å².